The van der Waals surface area contributed by atoms with Crippen molar-refractivity contribution in [3.63, 3.8) is 0 Å². The van der Waals surface area contributed by atoms with Gasteiger partial charge in [0.05, 0.1) is 24.9 Å². The SMILES string of the molecule is Cc1cccc([C@@H](C)Nc2nnc(C)c3ccc(N4CCOCC4)cc23)c1. The van der Waals surface area contributed by atoms with Gasteiger partial charge < -0.3 is 15.0 Å². The molecule has 1 aromatic heterocycles. The zero-order valence-electron chi connectivity index (χ0n) is 16.2. The molecule has 1 atom stereocenters. The van der Waals surface area contributed by atoms with Gasteiger partial charge in [-0.3, -0.25) is 0 Å². The summed E-state index contributed by atoms with van der Waals surface area (Å²) in [4.78, 5) is 2.37. The number of morpholine rings is 1. The smallest absolute Gasteiger partial charge is 0.157 e. The number of anilines is 2. The molecule has 2 aromatic carbocycles. The maximum Gasteiger partial charge on any atom is 0.157 e. The Balaban J connectivity index is 1.69. The molecule has 0 bridgehead atoms. The molecule has 0 spiro atoms. The van der Waals surface area contributed by atoms with Crippen molar-refractivity contribution in [2.75, 3.05) is 36.5 Å². The average Bonchev–Trinajstić information content (AvgIpc) is 2.70. The normalized spacial score (nSPS) is 15.7. The topological polar surface area (TPSA) is 50.3 Å². The Morgan fingerprint density at radius 1 is 1.00 bits per heavy atom. The fourth-order valence-corrected chi connectivity index (χ4v) is 3.63. The number of nitrogens with zero attached hydrogens (tertiary/aromatic N) is 3. The van der Waals surface area contributed by atoms with Crippen LogP contribution in [-0.2, 0) is 4.74 Å². The highest BCUT2D eigenvalue weighted by atomic mass is 16.5. The first-order valence-electron chi connectivity index (χ1n) is 9.54. The van der Waals surface area contributed by atoms with Gasteiger partial charge in [0.25, 0.3) is 0 Å². The number of aromatic nitrogens is 2. The summed E-state index contributed by atoms with van der Waals surface area (Å²) in [6.07, 6.45) is 0. The summed E-state index contributed by atoms with van der Waals surface area (Å²) in [6, 6.07) is 15.3. The fourth-order valence-electron chi connectivity index (χ4n) is 3.63. The highest BCUT2D eigenvalue weighted by molar-refractivity contribution is 5.95. The van der Waals surface area contributed by atoms with Gasteiger partial charge in [-0.15, -0.1) is 5.10 Å². The Labute approximate surface area is 160 Å². The van der Waals surface area contributed by atoms with Crippen molar-refractivity contribution >= 4 is 22.3 Å². The largest absolute Gasteiger partial charge is 0.378 e. The van der Waals surface area contributed by atoms with Crippen molar-refractivity contribution in [3.8, 4) is 0 Å². The summed E-state index contributed by atoms with van der Waals surface area (Å²) in [5.41, 5.74) is 4.67. The van der Waals surface area contributed by atoms with Crippen LogP contribution in [-0.4, -0.2) is 36.5 Å². The van der Waals surface area contributed by atoms with Crippen LogP contribution in [0.3, 0.4) is 0 Å². The monoisotopic (exact) mass is 362 g/mol. The summed E-state index contributed by atoms with van der Waals surface area (Å²) in [7, 11) is 0. The van der Waals surface area contributed by atoms with Crippen LogP contribution in [0.2, 0.25) is 0 Å². The highest BCUT2D eigenvalue weighted by Crippen LogP contribution is 2.30. The van der Waals surface area contributed by atoms with Crippen LogP contribution < -0.4 is 10.2 Å². The van der Waals surface area contributed by atoms with E-state index < -0.39 is 0 Å². The van der Waals surface area contributed by atoms with Gasteiger partial charge in [-0.05, 0) is 38.5 Å². The van der Waals surface area contributed by atoms with Crippen molar-refractivity contribution in [3.05, 3.63) is 59.3 Å². The number of aryl methyl sites for hydroxylation is 2. The fraction of sp³-hybridized carbons (Fsp3) is 0.364. The van der Waals surface area contributed by atoms with Crippen LogP contribution in [0, 0.1) is 13.8 Å². The van der Waals surface area contributed by atoms with Crippen LogP contribution in [0.25, 0.3) is 10.8 Å². The molecule has 1 saturated heterocycles. The number of rotatable bonds is 4. The van der Waals surface area contributed by atoms with E-state index >= 15 is 0 Å². The second kappa shape index (κ2) is 7.53. The van der Waals surface area contributed by atoms with E-state index in [0.717, 1.165) is 48.6 Å². The van der Waals surface area contributed by atoms with Gasteiger partial charge in [0.1, 0.15) is 0 Å². The Kier molecular flexibility index (Phi) is 4.94. The van der Waals surface area contributed by atoms with Gasteiger partial charge in [0, 0.05) is 29.5 Å². The number of ether oxygens (including phenoxy) is 1. The third-order valence-electron chi connectivity index (χ3n) is 5.22. The van der Waals surface area contributed by atoms with E-state index in [1.165, 1.54) is 16.8 Å². The maximum absolute atomic E-state index is 5.49. The van der Waals surface area contributed by atoms with Gasteiger partial charge in [0.2, 0.25) is 0 Å². The van der Waals surface area contributed by atoms with Gasteiger partial charge >= 0.3 is 0 Å². The van der Waals surface area contributed by atoms with E-state index in [-0.39, 0.29) is 6.04 Å². The molecule has 2 heterocycles. The summed E-state index contributed by atoms with van der Waals surface area (Å²) in [5, 5.41) is 14.7. The summed E-state index contributed by atoms with van der Waals surface area (Å²) < 4.78 is 5.49. The van der Waals surface area contributed by atoms with Crippen LogP contribution >= 0.6 is 0 Å². The molecule has 0 unspecified atom stereocenters. The molecule has 140 valence electrons. The number of benzene rings is 2. The lowest BCUT2D eigenvalue weighted by Crippen LogP contribution is -2.36. The highest BCUT2D eigenvalue weighted by Gasteiger charge is 2.15. The number of fused-ring (bicyclic) bond motifs is 1. The van der Waals surface area contributed by atoms with Crippen molar-refractivity contribution in [2.45, 2.75) is 26.8 Å². The van der Waals surface area contributed by atoms with E-state index in [0.29, 0.717) is 0 Å². The summed E-state index contributed by atoms with van der Waals surface area (Å²) in [6.45, 7) is 9.69. The van der Waals surface area contributed by atoms with E-state index in [1.54, 1.807) is 0 Å². The van der Waals surface area contributed by atoms with E-state index in [9.17, 15) is 0 Å². The first kappa shape index (κ1) is 17.7. The molecule has 5 heteroatoms. The average molecular weight is 362 g/mol. The molecule has 5 nitrogen and oxygen atoms in total. The van der Waals surface area contributed by atoms with Gasteiger partial charge in [0.15, 0.2) is 5.82 Å². The zero-order valence-corrected chi connectivity index (χ0v) is 16.2. The molecular weight excluding hydrogens is 336 g/mol. The molecule has 1 fully saturated rings. The Hall–Kier alpha value is -2.66. The quantitative estimate of drug-likeness (QED) is 0.752. The molecular formula is C22H26N4O. The molecule has 0 saturated carbocycles. The molecule has 27 heavy (non-hydrogen) atoms. The maximum atomic E-state index is 5.49. The van der Waals surface area contributed by atoms with Crippen LogP contribution in [0.15, 0.2) is 42.5 Å². The third kappa shape index (κ3) is 3.74. The lowest BCUT2D eigenvalue weighted by molar-refractivity contribution is 0.122. The zero-order chi connectivity index (χ0) is 18.8. The predicted octanol–water partition coefficient (Wildman–Crippen LogP) is 4.26. The van der Waals surface area contributed by atoms with Gasteiger partial charge in [-0.1, -0.05) is 35.9 Å². The van der Waals surface area contributed by atoms with Gasteiger partial charge in [-0.2, -0.15) is 5.10 Å². The molecule has 0 radical (unpaired) electrons. The van der Waals surface area contributed by atoms with E-state index in [2.05, 4.69) is 76.7 Å². The van der Waals surface area contributed by atoms with Crippen molar-refractivity contribution < 1.29 is 4.74 Å². The van der Waals surface area contributed by atoms with E-state index in [4.69, 9.17) is 4.74 Å². The van der Waals surface area contributed by atoms with Crippen molar-refractivity contribution in [1.29, 1.82) is 0 Å². The van der Waals surface area contributed by atoms with E-state index in [1.807, 2.05) is 6.92 Å². The minimum absolute atomic E-state index is 0.150. The van der Waals surface area contributed by atoms with Crippen LogP contribution in [0.4, 0.5) is 11.5 Å². The van der Waals surface area contributed by atoms with Gasteiger partial charge in [-0.25, -0.2) is 0 Å². The lowest BCUT2D eigenvalue weighted by Gasteiger charge is -2.29. The Bertz CT molecular complexity index is 950. The molecule has 3 aromatic rings. The Morgan fingerprint density at radius 3 is 2.59 bits per heavy atom. The Morgan fingerprint density at radius 2 is 1.81 bits per heavy atom. The van der Waals surface area contributed by atoms with Crippen molar-refractivity contribution in [1.82, 2.24) is 10.2 Å². The molecule has 4 rings (SSSR count). The minimum atomic E-state index is 0.150. The number of hydrogen-bond donors (Lipinski definition) is 1. The third-order valence-corrected chi connectivity index (χ3v) is 5.22. The first-order valence-corrected chi connectivity index (χ1v) is 9.54. The minimum Gasteiger partial charge on any atom is -0.378 e. The lowest BCUT2D eigenvalue weighted by atomic mass is 10.0. The summed E-state index contributed by atoms with van der Waals surface area (Å²) >= 11 is 0. The second-order valence-electron chi connectivity index (χ2n) is 7.24. The molecule has 1 aliphatic heterocycles. The molecule has 0 amide bonds. The number of nitrogens with one attached hydrogen (secondary N) is 1. The molecule has 0 aliphatic carbocycles. The number of hydrogen-bond acceptors (Lipinski definition) is 5. The van der Waals surface area contributed by atoms with Crippen molar-refractivity contribution in [2.24, 2.45) is 0 Å². The predicted molar refractivity (Wildman–Crippen MR) is 111 cm³/mol. The van der Waals surface area contributed by atoms with Crippen LogP contribution in [0.1, 0.15) is 29.8 Å². The second-order valence-corrected chi connectivity index (χ2v) is 7.24. The van der Waals surface area contributed by atoms with Crippen LogP contribution in [0.5, 0.6) is 0 Å². The standard InChI is InChI=1S/C22H26N4O/c1-15-5-4-6-18(13-15)16(2)23-22-21-14-19(26-9-11-27-12-10-26)7-8-20(21)17(3)24-25-22/h4-8,13-14,16H,9-12H2,1-3H3,(H,23,25)/t16-/m1/s1. The summed E-state index contributed by atoms with van der Waals surface area (Å²) in [5.74, 6) is 0.833. The molecule has 1 N–H and O–H groups in total. The first-order chi connectivity index (χ1) is 13.1. The molecule has 1 aliphatic rings.